The number of Topliss-reactive ketones (excluding diaryl/α,β-unsaturated/α-hetero) is 3. The van der Waals surface area contributed by atoms with Crippen molar-refractivity contribution < 1.29 is 23.7 Å². The van der Waals surface area contributed by atoms with Crippen LogP contribution in [0.5, 0.6) is 0 Å². The van der Waals surface area contributed by atoms with Crippen LogP contribution in [0.1, 0.15) is 53.7 Å². The highest BCUT2D eigenvalue weighted by atomic mass is 19.1. The molecule has 1 fully saturated rings. The first-order valence-electron chi connectivity index (χ1n) is 13.5. The zero-order valence-electron chi connectivity index (χ0n) is 22.4. The summed E-state index contributed by atoms with van der Waals surface area (Å²) in [4.78, 5) is 56.5. The molecule has 3 aliphatic rings. The molecule has 8 heteroatoms. The molecule has 0 amide bonds. The van der Waals surface area contributed by atoms with E-state index in [1.807, 2.05) is 19.1 Å². The van der Waals surface area contributed by atoms with Gasteiger partial charge in [-0.2, -0.15) is 0 Å². The number of nitro groups is 1. The minimum atomic E-state index is -1.74. The predicted octanol–water partition coefficient (Wildman–Crippen LogP) is 6.36. The van der Waals surface area contributed by atoms with Crippen LogP contribution in [0.3, 0.4) is 0 Å². The third-order valence-corrected chi connectivity index (χ3v) is 8.83. The topological polar surface area (TPSA) is 97.6 Å². The van der Waals surface area contributed by atoms with Gasteiger partial charge >= 0.3 is 0 Å². The Kier molecular flexibility index (Phi) is 5.59. The first kappa shape index (κ1) is 25.7. The second-order valence-corrected chi connectivity index (χ2v) is 11.0. The predicted molar refractivity (Wildman–Crippen MR) is 154 cm³/mol. The number of anilines is 1. The molecule has 1 saturated heterocycles. The highest BCUT2D eigenvalue weighted by molar-refractivity contribution is 6.32. The Morgan fingerprint density at radius 1 is 0.905 bits per heavy atom. The van der Waals surface area contributed by atoms with Crippen molar-refractivity contribution >= 4 is 34.8 Å². The zero-order valence-corrected chi connectivity index (χ0v) is 22.4. The van der Waals surface area contributed by atoms with E-state index in [1.54, 1.807) is 59.5 Å². The fourth-order valence-electron chi connectivity index (χ4n) is 7.01. The van der Waals surface area contributed by atoms with Gasteiger partial charge in [0.25, 0.3) is 5.69 Å². The minimum Gasteiger partial charge on any atom is -0.352 e. The summed E-state index contributed by atoms with van der Waals surface area (Å²) in [5.41, 5.74) is 1.49. The van der Waals surface area contributed by atoms with Crippen LogP contribution < -0.4 is 4.90 Å². The number of nitrogens with zero attached hydrogens (tertiary/aromatic N) is 2. The largest absolute Gasteiger partial charge is 0.352 e. The molecule has 0 radical (unpaired) electrons. The average Bonchev–Trinajstić information content (AvgIpc) is 3.43. The summed E-state index contributed by atoms with van der Waals surface area (Å²) < 4.78 is 14.4. The number of halogens is 1. The third kappa shape index (κ3) is 3.41. The number of carbonyl (C=O) groups excluding carboxylic acids is 3. The molecule has 7 rings (SSSR count). The van der Waals surface area contributed by atoms with Crippen molar-refractivity contribution in [2.75, 3.05) is 4.90 Å². The van der Waals surface area contributed by atoms with Crippen LogP contribution in [-0.4, -0.2) is 34.4 Å². The number of hydrogen-bond acceptors (Lipinski definition) is 6. The lowest BCUT2D eigenvalue weighted by Crippen LogP contribution is -2.48. The number of nitro benzene ring substituents is 1. The summed E-state index contributed by atoms with van der Waals surface area (Å²) in [5, 5.41) is 11.5. The van der Waals surface area contributed by atoms with Crippen molar-refractivity contribution in [3.05, 3.63) is 146 Å². The summed E-state index contributed by atoms with van der Waals surface area (Å²) >= 11 is 0. The van der Waals surface area contributed by atoms with Gasteiger partial charge in [0.05, 0.1) is 11.0 Å². The molecule has 2 aliphatic heterocycles. The summed E-state index contributed by atoms with van der Waals surface area (Å²) in [6.45, 7) is 1.90. The Morgan fingerprint density at radius 2 is 1.55 bits per heavy atom. The van der Waals surface area contributed by atoms with E-state index in [4.69, 9.17) is 0 Å². The number of benzene rings is 4. The van der Waals surface area contributed by atoms with Gasteiger partial charge in [-0.3, -0.25) is 24.5 Å². The van der Waals surface area contributed by atoms with Crippen LogP contribution in [0.2, 0.25) is 0 Å². The van der Waals surface area contributed by atoms with Gasteiger partial charge in [0.1, 0.15) is 17.3 Å². The molecule has 1 aliphatic carbocycles. The van der Waals surface area contributed by atoms with Crippen molar-refractivity contribution in [1.29, 1.82) is 0 Å². The first-order chi connectivity index (χ1) is 20.2. The van der Waals surface area contributed by atoms with Gasteiger partial charge in [-0.1, -0.05) is 78.4 Å². The lowest BCUT2D eigenvalue weighted by molar-refractivity contribution is -0.384. The maximum absolute atomic E-state index is 14.6. The maximum Gasteiger partial charge on any atom is 0.269 e. The maximum atomic E-state index is 14.6. The Morgan fingerprint density at radius 3 is 2.17 bits per heavy atom. The van der Waals surface area contributed by atoms with Gasteiger partial charge < -0.3 is 4.90 Å². The molecule has 0 bridgehead atoms. The van der Waals surface area contributed by atoms with Crippen molar-refractivity contribution in [2.45, 2.75) is 24.9 Å². The van der Waals surface area contributed by atoms with Crippen LogP contribution in [0.15, 0.2) is 97.1 Å². The molecular formula is C34H23FN2O5. The van der Waals surface area contributed by atoms with E-state index in [0.717, 1.165) is 5.56 Å². The molecule has 206 valence electrons. The summed E-state index contributed by atoms with van der Waals surface area (Å²) in [7, 11) is 0. The van der Waals surface area contributed by atoms with Crippen molar-refractivity contribution in [3.8, 4) is 0 Å². The highest BCUT2D eigenvalue weighted by Gasteiger charge is 2.71. The van der Waals surface area contributed by atoms with Crippen LogP contribution in [0.25, 0.3) is 6.08 Å². The van der Waals surface area contributed by atoms with E-state index in [2.05, 4.69) is 0 Å². The Bertz CT molecular complexity index is 1830. The van der Waals surface area contributed by atoms with Crippen LogP contribution >= 0.6 is 0 Å². The quantitative estimate of drug-likeness (QED) is 0.125. The number of aryl methyl sites for hydroxylation is 1. The van der Waals surface area contributed by atoms with E-state index < -0.39 is 45.7 Å². The normalized spacial score (nSPS) is 21.3. The van der Waals surface area contributed by atoms with Gasteiger partial charge in [0, 0.05) is 46.0 Å². The highest BCUT2D eigenvalue weighted by Crippen LogP contribution is 2.61. The van der Waals surface area contributed by atoms with E-state index in [9.17, 15) is 28.9 Å². The van der Waals surface area contributed by atoms with Crippen LogP contribution in [0, 0.1) is 28.3 Å². The van der Waals surface area contributed by atoms with Crippen LogP contribution in [0.4, 0.5) is 15.8 Å². The Balaban J connectivity index is 1.54. The average molecular weight is 559 g/mol. The van der Waals surface area contributed by atoms with Crippen molar-refractivity contribution in [3.63, 3.8) is 0 Å². The summed E-state index contributed by atoms with van der Waals surface area (Å²) in [6, 6.07) is 21.7. The third-order valence-electron chi connectivity index (χ3n) is 8.83. The first-order valence-corrected chi connectivity index (χ1v) is 13.5. The summed E-state index contributed by atoms with van der Waals surface area (Å²) in [6.07, 6.45) is 3.40. The molecule has 0 N–H and O–H groups in total. The van der Waals surface area contributed by atoms with Gasteiger partial charge in [-0.05, 0) is 30.7 Å². The molecule has 1 spiro atoms. The van der Waals surface area contributed by atoms with Gasteiger partial charge in [-0.25, -0.2) is 4.39 Å². The number of fused-ring (bicyclic) bond motifs is 5. The molecule has 3 atom stereocenters. The molecule has 0 saturated carbocycles. The molecule has 42 heavy (non-hydrogen) atoms. The number of carbonyl (C=O) groups is 3. The minimum absolute atomic E-state index is 0.155. The van der Waals surface area contributed by atoms with Crippen molar-refractivity contribution in [1.82, 2.24) is 0 Å². The molecule has 2 heterocycles. The molecule has 0 unspecified atom stereocenters. The zero-order chi connectivity index (χ0) is 29.3. The number of ketones is 3. The van der Waals surface area contributed by atoms with E-state index >= 15 is 0 Å². The number of non-ortho nitro benzene ring substituents is 1. The lowest BCUT2D eigenvalue weighted by atomic mass is 9.64. The second kappa shape index (κ2) is 9.14. The monoisotopic (exact) mass is 558 g/mol. The molecular weight excluding hydrogens is 535 g/mol. The lowest BCUT2D eigenvalue weighted by Gasteiger charge is -2.37. The van der Waals surface area contributed by atoms with Crippen LogP contribution in [-0.2, 0) is 0 Å². The van der Waals surface area contributed by atoms with E-state index in [0.29, 0.717) is 22.4 Å². The van der Waals surface area contributed by atoms with Crippen molar-refractivity contribution in [2.24, 2.45) is 5.41 Å². The number of hydrogen-bond donors (Lipinski definition) is 0. The fraction of sp³-hybridized carbons (Fsp3) is 0.147. The SMILES string of the molecule is Cc1ccc(C(=O)[C@@H]2[C@@H](c3ccc([N+](=O)[O-])cc3)C3(C(=O)c4ccccc4C3=O)[C@H]3C=Cc4cc(F)ccc4N23)cc1. The Hall–Kier alpha value is -5.24. The molecule has 4 aromatic carbocycles. The molecule has 0 aromatic heterocycles. The van der Waals surface area contributed by atoms with Gasteiger partial charge in [-0.15, -0.1) is 0 Å². The van der Waals surface area contributed by atoms with E-state index in [1.165, 1.54) is 36.4 Å². The molecule has 7 nitrogen and oxygen atoms in total. The number of rotatable bonds is 4. The van der Waals surface area contributed by atoms with Gasteiger partial charge in [0.2, 0.25) is 0 Å². The smallest absolute Gasteiger partial charge is 0.269 e. The Labute approximate surface area is 240 Å². The fourth-order valence-corrected chi connectivity index (χ4v) is 7.01. The second-order valence-electron chi connectivity index (χ2n) is 11.0. The standard InChI is InChI=1S/C34H23FN2O5/c1-19-6-8-21(9-7-19)31(38)30-29(20-10-14-24(15-11-20)37(41)42)34(32(39)25-4-2-3-5-26(25)33(34)40)28-17-12-22-18-23(35)13-16-27(22)36(28)30/h2-18,28-30H,1H3/t28-,29-,30+/m1/s1. The molecule has 4 aromatic rings. The summed E-state index contributed by atoms with van der Waals surface area (Å²) in [5.74, 6) is -2.60. The van der Waals surface area contributed by atoms with Gasteiger partial charge in [0.15, 0.2) is 17.3 Å². The van der Waals surface area contributed by atoms with E-state index in [-0.39, 0.29) is 22.6 Å².